The van der Waals surface area contributed by atoms with E-state index in [1.807, 2.05) is 49.4 Å². The Kier molecular flexibility index (Phi) is 5.98. The molecule has 0 heterocycles. The average Bonchev–Trinajstić information content (AvgIpc) is 2.55. The lowest BCUT2D eigenvalue weighted by Gasteiger charge is -2.17. The summed E-state index contributed by atoms with van der Waals surface area (Å²) in [5.74, 6) is -0.0471. The highest BCUT2D eigenvalue weighted by Crippen LogP contribution is 2.12. The van der Waals surface area contributed by atoms with Crippen molar-refractivity contribution in [3.63, 3.8) is 0 Å². The van der Waals surface area contributed by atoms with Gasteiger partial charge in [-0.25, -0.2) is 0 Å². The van der Waals surface area contributed by atoms with Crippen LogP contribution in [0.25, 0.3) is 0 Å². The lowest BCUT2D eigenvalue weighted by atomic mass is 10.1. The van der Waals surface area contributed by atoms with Crippen molar-refractivity contribution in [1.29, 1.82) is 0 Å². The van der Waals surface area contributed by atoms with Crippen molar-refractivity contribution >= 4 is 5.97 Å². The summed E-state index contributed by atoms with van der Waals surface area (Å²) >= 11 is 0. The monoisotopic (exact) mass is 299 g/mol. The first-order chi connectivity index (χ1) is 10.7. The number of carbonyl (C=O) groups is 1. The van der Waals surface area contributed by atoms with Crippen LogP contribution in [0.4, 0.5) is 0 Å². The molecule has 116 valence electrons. The van der Waals surface area contributed by atoms with E-state index in [1.54, 1.807) is 12.1 Å². The summed E-state index contributed by atoms with van der Waals surface area (Å²) < 4.78 is 5.39. The van der Waals surface area contributed by atoms with Crippen molar-refractivity contribution in [3.05, 3.63) is 65.7 Å². The number of rotatable bonds is 7. The van der Waals surface area contributed by atoms with Gasteiger partial charge in [-0.3, -0.25) is 4.79 Å². The van der Waals surface area contributed by atoms with Crippen LogP contribution >= 0.6 is 0 Å². The van der Waals surface area contributed by atoms with Gasteiger partial charge in [-0.1, -0.05) is 49.4 Å². The molecule has 0 aromatic heterocycles. The molecule has 2 rings (SSSR count). The molecule has 2 aromatic carbocycles. The number of phenolic OH excluding ortho intramolecular Hbond substituents is 1. The number of carbonyl (C=O) groups excluding carboxylic acids is 1. The summed E-state index contributed by atoms with van der Waals surface area (Å²) in [4.78, 5) is 12.2. The Balaban J connectivity index is 1.94. The quantitative estimate of drug-likeness (QED) is 0.772. The molecule has 2 N–H and O–H groups in total. The molecular weight excluding hydrogens is 278 g/mol. The van der Waals surface area contributed by atoms with Crippen LogP contribution in [0.3, 0.4) is 0 Å². The zero-order chi connectivity index (χ0) is 15.8. The van der Waals surface area contributed by atoms with Gasteiger partial charge in [0, 0.05) is 0 Å². The Hall–Kier alpha value is -2.33. The van der Waals surface area contributed by atoms with Gasteiger partial charge in [-0.2, -0.15) is 0 Å². The minimum Gasteiger partial charge on any atom is -0.508 e. The lowest BCUT2D eigenvalue weighted by molar-refractivity contribution is -0.147. The second kappa shape index (κ2) is 8.20. The van der Waals surface area contributed by atoms with Crippen LogP contribution in [0.1, 0.15) is 18.1 Å². The molecule has 0 unspecified atom stereocenters. The Labute approximate surface area is 130 Å². The average molecular weight is 299 g/mol. The van der Waals surface area contributed by atoms with Gasteiger partial charge in [0.25, 0.3) is 0 Å². The molecule has 0 fully saturated rings. The second-order valence-corrected chi connectivity index (χ2v) is 5.07. The number of nitrogens with one attached hydrogen (secondary N) is 1. The normalized spacial score (nSPS) is 11.9. The van der Waals surface area contributed by atoms with Gasteiger partial charge in [0.1, 0.15) is 18.4 Å². The van der Waals surface area contributed by atoms with Crippen LogP contribution in [0.5, 0.6) is 5.75 Å². The van der Waals surface area contributed by atoms with Gasteiger partial charge >= 0.3 is 5.97 Å². The van der Waals surface area contributed by atoms with Gasteiger partial charge in [0.15, 0.2) is 0 Å². The van der Waals surface area contributed by atoms with Gasteiger partial charge < -0.3 is 15.2 Å². The molecule has 0 aliphatic carbocycles. The Morgan fingerprint density at radius 3 is 2.41 bits per heavy atom. The van der Waals surface area contributed by atoms with Crippen molar-refractivity contribution in [1.82, 2.24) is 5.32 Å². The van der Waals surface area contributed by atoms with Crippen LogP contribution < -0.4 is 5.32 Å². The smallest absolute Gasteiger partial charge is 0.323 e. The Morgan fingerprint density at radius 2 is 1.77 bits per heavy atom. The minimum absolute atomic E-state index is 0.218. The van der Waals surface area contributed by atoms with Gasteiger partial charge in [-0.05, 0) is 36.2 Å². The van der Waals surface area contributed by atoms with Gasteiger partial charge in [-0.15, -0.1) is 0 Å². The number of ether oxygens (including phenoxy) is 1. The molecule has 0 radical (unpaired) electrons. The first-order valence-electron chi connectivity index (χ1n) is 7.41. The topological polar surface area (TPSA) is 58.6 Å². The Morgan fingerprint density at radius 1 is 1.09 bits per heavy atom. The van der Waals surface area contributed by atoms with Crippen LogP contribution in [-0.4, -0.2) is 23.7 Å². The molecule has 0 spiro atoms. The Bertz CT molecular complexity index is 581. The lowest BCUT2D eigenvalue weighted by Crippen LogP contribution is -2.39. The van der Waals surface area contributed by atoms with Crippen LogP contribution in [0.2, 0.25) is 0 Å². The van der Waals surface area contributed by atoms with Crippen molar-refractivity contribution in [2.24, 2.45) is 0 Å². The highest BCUT2D eigenvalue weighted by molar-refractivity contribution is 5.76. The largest absolute Gasteiger partial charge is 0.508 e. The fourth-order valence-electron chi connectivity index (χ4n) is 2.18. The van der Waals surface area contributed by atoms with Gasteiger partial charge in [0.05, 0.1) is 0 Å². The fraction of sp³-hybridized carbons (Fsp3) is 0.278. The molecule has 0 saturated carbocycles. The standard InChI is InChI=1S/C18H21NO3/c1-2-19-17(12-14-8-10-16(20)11-9-14)18(21)22-13-15-6-4-3-5-7-15/h3-11,17,19-20H,2,12-13H2,1H3/t17-/m0/s1. The highest BCUT2D eigenvalue weighted by Gasteiger charge is 2.19. The molecule has 0 amide bonds. The maximum atomic E-state index is 12.2. The molecule has 0 aliphatic rings. The SMILES string of the molecule is CCN[C@@H](Cc1ccc(O)cc1)C(=O)OCc1ccccc1. The van der Waals surface area contributed by atoms with E-state index in [0.29, 0.717) is 13.0 Å². The third-order valence-electron chi connectivity index (χ3n) is 3.34. The van der Waals surface area contributed by atoms with Crippen molar-refractivity contribution in [3.8, 4) is 5.75 Å². The zero-order valence-electron chi connectivity index (χ0n) is 12.7. The van der Waals surface area contributed by atoms with E-state index in [9.17, 15) is 9.90 Å². The summed E-state index contributed by atoms with van der Waals surface area (Å²) in [6, 6.07) is 16.1. The molecule has 0 bridgehead atoms. The highest BCUT2D eigenvalue weighted by atomic mass is 16.5. The fourth-order valence-corrected chi connectivity index (χ4v) is 2.18. The number of aromatic hydroxyl groups is 1. The molecule has 0 aliphatic heterocycles. The van der Waals surface area contributed by atoms with Crippen LogP contribution in [0, 0.1) is 0 Å². The molecule has 4 nitrogen and oxygen atoms in total. The maximum absolute atomic E-state index is 12.2. The van der Waals surface area contributed by atoms with Crippen molar-refractivity contribution in [2.75, 3.05) is 6.54 Å². The van der Waals surface area contributed by atoms with E-state index >= 15 is 0 Å². The number of phenols is 1. The van der Waals surface area contributed by atoms with E-state index in [-0.39, 0.29) is 18.3 Å². The van der Waals surface area contributed by atoms with Crippen LogP contribution in [-0.2, 0) is 22.6 Å². The third-order valence-corrected chi connectivity index (χ3v) is 3.34. The van der Waals surface area contributed by atoms with E-state index in [4.69, 9.17) is 4.74 Å². The number of benzene rings is 2. The van der Waals surface area contributed by atoms with E-state index < -0.39 is 6.04 Å². The minimum atomic E-state index is -0.391. The summed E-state index contributed by atoms with van der Waals surface area (Å²) in [6.07, 6.45) is 0.530. The summed E-state index contributed by atoms with van der Waals surface area (Å²) in [7, 11) is 0. The van der Waals surface area contributed by atoms with E-state index in [1.165, 1.54) is 0 Å². The number of likely N-dealkylation sites (N-methyl/N-ethyl adjacent to an activating group) is 1. The van der Waals surface area contributed by atoms with Gasteiger partial charge in [0.2, 0.25) is 0 Å². The molecule has 2 aromatic rings. The first-order valence-corrected chi connectivity index (χ1v) is 7.41. The van der Waals surface area contributed by atoms with Crippen LogP contribution in [0.15, 0.2) is 54.6 Å². The molecule has 22 heavy (non-hydrogen) atoms. The summed E-state index contributed by atoms with van der Waals surface area (Å²) in [5.41, 5.74) is 1.94. The third kappa shape index (κ3) is 4.90. The molecule has 0 saturated heterocycles. The second-order valence-electron chi connectivity index (χ2n) is 5.07. The maximum Gasteiger partial charge on any atom is 0.323 e. The van der Waals surface area contributed by atoms with Crippen molar-refractivity contribution in [2.45, 2.75) is 26.0 Å². The zero-order valence-corrected chi connectivity index (χ0v) is 12.7. The summed E-state index contributed by atoms with van der Waals surface area (Å²) in [6.45, 7) is 2.91. The number of hydrogen-bond acceptors (Lipinski definition) is 4. The molecule has 4 heteroatoms. The number of hydrogen-bond donors (Lipinski definition) is 2. The van der Waals surface area contributed by atoms with E-state index in [2.05, 4.69) is 5.32 Å². The molecule has 1 atom stereocenters. The first kappa shape index (κ1) is 16.0. The van der Waals surface area contributed by atoms with Crippen molar-refractivity contribution < 1.29 is 14.6 Å². The summed E-state index contributed by atoms with van der Waals surface area (Å²) in [5, 5.41) is 12.5. The molecular formula is C18H21NO3. The predicted molar refractivity (Wildman–Crippen MR) is 85.5 cm³/mol. The predicted octanol–water partition coefficient (Wildman–Crippen LogP) is 2.66. The van der Waals surface area contributed by atoms with E-state index in [0.717, 1.165) is 11.1 Å². The number of esters is 1.